The third kappa shape index (κ3) is 8.33. The Bertz CT molecular complexity index is 535. The molecule has 2 unspecified atom stereocenters. The molecule has 0 saturated heterocycles. The topological polar surface area (TPSA) is 65.9 Å². The molecule has 0 saturated carbocycles. The van der Waals surface area contributed by atoms with Crippen LogP contribution in [-0.2, 0) is 4.74 Å². The van der Waals surface area contributed by atoms with Crippen molar-refractivity contribution < 1.29 is 14.2 Å². The van der Waals surface area contributed by atoms with Gasteiger partial charge in [-0.25, -0.2) is 4.39 Å². The summed E-state index contributed by atoms with van der Waals surface area (Å²) < 4.78 is 19.2. The number of aliphatic imine (C=N–C) groups is 1. The van der Waals surface area contributed by atoms with E-state index in [9.17, 15) is 9.50 Å². The van der Waals surface area contributed by atoms with Crippen molar-refractivity contribution >= 4 is 29.9 Å². The summed E-state index contributed by atoms with van der Waals surface area (Å²) in [6, 6.07) is 6.21. The van der Waals surface area contributed by atoms with Crippen molar-refractivity contribution in [2.45, 2.75) is 39.9 Å². The fourth-order valence-electron chi connectivity index (χ4n) is 2.27. The number of aliphatic hydroxyl groups excluding tert-OH is 1. The molecule has 1 aromatic rings. The highest BCUT2D eigenvalue weighted by Gasteiger charge is 2.24. The Hall–Kier alpha value is -0.930. The van der Waals surface area contributed by atoms with E-state index in [1.165, 1.54) is 6.07 Å². The van der Waals surface area contributed by atoms with E-state index < -0.39 is 11.9 Å². The van der Waals surface area contributed by atoms with E-state index >= 15 is 0 Å². The van der Waals surface area contributed by atoms with Crippen LogP contribution in [0.3, 0.4) is 0 Å². The number of nitrogens with one attached hydrogen (secondary N) is 2. The summed E-state index contributed by atoms with van der Waals surface area (Å²) in [4.78, 5) is 4.50. The van der Waals surface area contributed by atoms with Gasteiger partial charge in [0.15, 0.2) is 5.96 Å². The maximum absolute atomic E-state index is 13.7. The monoisotopic (exact) mass is 467 g/mol. The Labute approximate surface area is 167 Å². The van der Waals surface area contributed by atoms with Crippen molar-refractivity contribution in [1.82, 2.24) is 10.6 Å². The van der Waals surface area contributed by atoms with Crippen molar-refractivity contribution in [2.75, 3.05) is 26.7 Å². The van der Waals surface area contributed by atoms with Gasteiger partial charge in [0.05, 0.1) is 18.8 Å². The van der Waals surface area contributed by atoms with E-state index in [0.29, 0.717) is 19.0 Å². The molecule has 0 bridgehead atoms. The van der Waals surface area contributed by atoms with Crippen LogP contribution in [0.4, 0.5) is 4.39 Å². The van der Waals surface area contributed by atoms with E-state index in [0.717, 1.165) is 0 Å². The molecule has 0 spiro atoms. The van der Waals surface area contributed by atoms with Crippen LogP contribution in [0.2, 0.25) is 0 Å². The van der Waals surface area contributed by atoms with Crippen LogP contribution < -0.4 is 10.6 Å². The van der Waals surface area contributed by atoms with Crippen LogP contribution in [0.15, 0.2) is 29.3 Å². The average molecular weight is 467 g/mol. The van der Waals surface area contributed by atoms with Gasteiger partial charge in [-0.05, 0) is 18.4 Å². The maximum Gasteiger partial charge on any atom is 0.191 e. The molecular formula is C18H31FIN3O2. The van der Waals surface area contributed by atoms with Gasteiger partial charge in [-0.2, -0.15) is 0 Å². The molecule has 3 N–H and O–H groups in total. The van der Waals surface area contributed by atoms with Gasteiger partial charge in [0, 0.05) is 25.8 Å². The molecule has 0 heterocycles. The second-order valence-electron chi connectivity index (χ2n) is 6.73. The molecule has 0 aliphatic carbocycles. The SMILES string of the molecule is CCNC(=NCC(OC)C(C)(C)C)NCC(O)c1ccccc1F.I. The summed E-state index contributed by atoms with van der Waals surface area (Å²) in [5.41, 5.74) is 0.243. The summed E-state index contributed by atoms with van der Waals surface area (Å²) in [5.74, 6) is 0.153. The fourth-order valence-corrected chi connectivity index (χ4v) is 2.27. The van der Waals surface area contributed by atoms with Gasteiger partial charge in [0.25, 0.3) is 0 Å². The number of aliphatic hydroxyl groups is 1. The Balaban J connectivity index is 0.00000576. The zero-order chi connectivity index (χ0) is 18.2. The second-order valence-corrected chi connectivity index (χ2v) is 6.73. The maximum atomic E-state index is 13.7. The van der Waals surface area contributed by atoms with Crippen molar-refractivity contribution in [3.63, 3.8) is 0 Å². The minimum Gasteiger partial charge on any atom is -0.386 e. The molecule has 1 aromatic carbocycles. The van der Waals surface area contributed by atoms with E-state index in [-0.39, 0.29) is 47.6 Å². The number of nitrogens with zero attached hydrogens (tertiary/aromatic N) is 1. The predicted octanol–water partition coefficient (Wildman–Crippen LogP) is 3.09. The molecule has 0 aromatic heterocycles. The molecule has 144 valence electrons. The quantitative estimate of drug-likeness (QED) is 0.328. The smallest absolute Gasteiger partial charge is 0.191 e. The lowest BCUT2D eigenvalue weighted by Gasteiger charge is -2.28. The van der Waals surface area contributed by atoms with Gasteiger partial charge < -0.3 is 20.5 Å². The summed E-state index contributed by atoms with van der Waals surface area (Å²) in [6.07, 6.45) is -0.972. The van der Waals surface area contributed by atoms with E-state index in [1.807, 2.05) is 6.92 Å². The van der Waals surface area contributed by atoms with E-state index in [1.54, 1.807) is 25.3 Å². The van der Waals surface area contributed by atoms with Gasteiger partial charge in [-0.15, -0.1) is 24.0 Å². The first-order valence-electron chi connectivity index (χ1n) is 8.27. The highest BCUT2D eigenvalue weighted by Crippen LogP contribution is 2.21. The first-order chi connectivity index (χ1) is 11.3. The molecule has 0 aliphatic rings. The van der Waals surface area contributed by atoms with Crippen LogP contribution in [0.25, 0.3) is 0 Å². The third-order valence-electron chi connectivity index (χ3n) is 3.74. The Kier molecular flexibility index (Phi) is 11.2. The Morgan fingerprint density at radius 3 is 2.44 bits per heavy atom. The number of benzene rings is 1. The van der Waals surface area contributed by atoms with Gasteiger partial charge in [-0.1, -0.05) is 39.0 Å². The number of halogens is 2. The number of hydrogen-bond acceptors (Lipinski definition) is 3. The molecule has 7 heteroatoms. The van der Waals surface area contributed by atoms with Crippen LogP contribution in [-0.4, -0.2) is 43.9 Å². The highest BCUT2D eigenvalue weighted by atomic mass is 127. The molecule has 0 fully saturated rings. The van der Waals surface area contributed by atoms with Gasteiger partial charge in [-0.3, -0.25) is 4.99 Å². The standard InChI is InChI=1S/C18H30FN3O2.HI/c1-6-20-17(22-12-16(24-5)18(2,3)4)21-11-15(23)13-9-7-8-10-14(13)19;/h7-10,15-16,23H,6,11-12H2,1-5H3,(H2,20,21,22);1H. The van der Waals surface area contributed by atoms with Gasteiger partial charge in [0.1, 0.15) is 5.82 Å². The number of rotatable bonds is 7. The number of methoxy groups -OCH3 is 1. The normalized spacial score (nSPS) is 14.4. The minimum atomic E-state index is -0.948. The van der Waals surface area contributed by atoms with Crippen molar-refractivity contribution in [3.05, 3.63) is 35.6 Å². The van der Waals surface area contributed by atoms with Crippen LogP contribution in [0.1, 0.15) is 39.4 Å². The molecular weight excluding hydrogens is 436 g/mol. The lowest BCUT2D eigenvalue weighted by molar-refractivity contribution is 0.0241. The summed E-state index contributed by atoms with van der Waals surface area (Å²) in [6.45, 7) is 9.60. The van der Waals surface area contributed by atoms with Crippen LogP contribution in [0.5, 0.6) is 0 Å². The zero-order valence-corrected chi connectivity index (χ0v) is 18.0. The van der Waals surface area contributed by atoms with Gasteiger partial charge >= 0.3 is 0 Å². The van der Waals surface area contributed by atoms with Crippen molar-refractivity contribution in [3.8, 4) is 0 Å². The highest BCUT2D eigenvalue weighted by molar-refractivity contribution is 14.0. The predicted molar refractivity (Wildman–Crippen MR) is 111 cm³/mol. The molecule has 0 radical (unpaired) electrons. The van der Waals surface area contributed by atoms with Crippen LogP contribution >= 0.6 is 24.0 Å². The third-order valence-corrected chi connectivity index (χ3v) is 3.74. The molecule has 0 amide bonds. The molecule has 0 aliphatic heterocycles. The Morgan fingerprint density at radius 1 is 1.28 bits per heavy atom. The average Bonchev–Trinajstić information content (AvgIpc) is 2.51. The zero-order valence-electron chi connectivity index (χ0n) is 15.7. The van der Waals surface area contributed by atoms with E-state index in [4.69, 9.17) is 4.74 Å². The van der Waals surface area contributed by atoms with Crippen molar-refractivity contribution in [2.24, 2.45) is 10.4 Å². The Morgan fingerprint density at radius 2 is 1.92 bits per heavy atom. The largest absolute Gasteiger partial charge is 0.386 e. The number of hydrogen-bond donors (Lipinski definition) is 3. The molecule has 5 nitrogen and oxygen atoms in total. The minimum absolute atomic E-state index is 0. The fraction of sp³-hybridized carbons (Fsp3) is 0.611. The lowest BCUT2D eigenvalue weighted by Crippen LogP contribution is -2.41. The molecule has 2 atom stereocenters. The lowest BCUT2D eigenvalue weighted by atomic mass is 9.89. The van der Waals surface area contributed by atoms with Gasteiger partial charge in [0.2, 0.25) is 0 Å². The molecule has 1 rings (SSSR count). The first kappa shape index (κ1) is 24.1. The summed E-state index contributed by atoms with van der Waals surface area (Å²) in [7, 11) is 1.67. The first-order valence-corrected chi connectivity index (χ1v) is 8.27. The molecule has 25 heavy (non-hydrogen) atoms. The second kappa shape index (κ2) is 11.6. The summed E-state index contributed by atoms with van der Waals surface area (Å²) >= 11 is 0. The van der Waals surface area contributed by atoms with E-state index in [2.05, 4.69) is 36.4 Å². The number of guanidine groups is 1. The van der Waals surface area contributed by atoms with Crippen LogP contribution in [0, 0.1) is 11.2 Å². The number of ether oxygens (including phenoxy) is 1. The summed E-state index contributed by atoms with van der Waals surface area (Å²) in [5, 5.41) is 16.3. The van der Waals surface area contributed by atoms with Crippen molar-refractivity contribution in [1.29, 1.82) is 0 Å².